The Labute approximate surface area is 126 Å². The minimum absolute atomic E-state index is 0.150. The van der Waals surface area contributed by atoms with Crippen molar-refractivity contribution in [3.05, 3.63) is 22.2 Å². The summed E-state index contributed by atoms with van der Waals surface area (Å²) in [5, 5.41) is 11.1. The second-order valence-corrected chi connectivity index (χ2v) is 7.07. The van der Waals surface area contributed by atoms with Gasteiger partial charge in [0.2, 0.25) is 0 Å². The zero-order chi connectivity index (χ0) is 15.6. The molecule has 1 aliphatic rings. The van der Waals surface area contributed by atoms with E-state index in [-0.39, 0.29) is 47.2 Å². The molecule has 0 aliphatic carbocycles. The highest BCUT2D eigenvalue weighted by molar-refractivity contribution is 7.91. The molecule has 1 atom stereocenters. The van der Waals surface area contributed by atoms with E-state index in [9.17, 15) is 18.5 Å². The molecule has 1 heterocycles. The molecule has 116 valence electrons. The van der Waals surface area contributed by atoms with Gasteiger partial charge < -0.3 is 9.47 Å². The fourth-order valence-electron chi connectivity index (χ4n) is 1.96. The third-order valence-corrected chi connectivity index (χ3v) is 5.45. The molecular weight excluding hydrogens is 322 g/mol. The Bertz CT molecular complexity index is 660. The standard InChI is InChI=1S/C12H14ClNO6S/c1-8(6-13)7-21(17,18)12-5-11-10(19-2-3-20-11)4-9(12)14(15)16/h4-5,8H,2-3,6-7H2,1H3. The topological polar surface area (TPSA) is 95.7 Å². The van der Waals surface area contributed by atoms with E-state index in [1.54, 1.807) is 6.92 Å². The molecule has 0 fully saturated rings. The minimum atomic E-state index is -3.84. The number of nitro groups is 1. The van der Waals surface area contributed by atoms with Crippen molar-refractivity contribution in [3.8, 4) is 11.5 Å². The lowest BCUT2D eigenvalue weighted by atomic mass is 10.2. The van der Waals surface area contributed by atoms with Crippen molar-refractivity contribution in [2.24, 2.45) is 5.92 Å². The van der Waals surface area contributed by atoms with Crippen LogP contribution in [0.4, 0.5) is 5.69 Å². The van der Waals surface area contributed by atoms with Crippen LogP contribution in [0.2, 0.25) is 0 Å². The van der Waals surface area contributed by atoms with Crippen molar-refractivity contribution < 1.29 is 22.8 Å². The van der Waals surface area contributed by atoms with E-state index in [0.29, 0.717) is 0 Å². The van der Waals surface area contributed by atoms with E-state index in [2.05, 4.69) is 0 Å². The van der Waals surface area contributed by atoms with E-state index < -0.39 is 20.4 Å². The van der Waals surface area contributed by atoms with E-state index in [1.165, 1.54) is 0 Å². The van der Waals surface area contributed by atoms with Crippen LogP contribution in [0.5, 0.6) is 11.5 Å². The first kappa shape index (κ1) is 15.8. The molecule has 7 nitrogen and oxygen atoms in total. The Morgan fingerprint density at radius 2 is 1.90 bits per heavy atom. The Morgan fingerprint density at radius 3 is 2.43 bits per heavy atom. The number of alkyl halides is 1. The summed E-state index contributed by atoms with van der Waals surface area (Å²) in [7, 11) is -3.84. The lowest BCUT2D eigenvalue weighted by molar-refractivity contribution is -0.388. The van der Waals surface area contributed by atoms with Gasteiger partial charge in [-0.2, -0.15) is 0 Å². The third kappa shape index (κ3) is 3.38. The maximum absolute atomic E-state index is 12.4. The summed E-state index contributed by atoms with van der Waals surface area (Å²) in [6.07, 6.45) is 0. The molecule has 21 heavy (non-hydrogen) atoms. The highest BCUT2D eigenvalue weighted by Gasteiger charge is 2.31. The largest absolute Gasteiger partial charge is 0.486 e. The number of halogens is 1. The van der Waals surface area contributed by atoms with Crippen LogP contribution in [0.1, 0.15) is 6.92 Å². The molecule has 0 amide bonds. The van der Waals surface area contributed by atoms with Crippen LogP contribution in [0, 0.1) is 16.0 Å². The Balaban J connectivity index is 2.53. The highest BCUT2D eigenvalue weighted by atomic mass is 35.5. The Kier molecular flexibility index (Phi) is 4.58. The average molecular weight is 336 g/mol. The summed E-state index contributed by atoms with van der Waals surface area (Å²) in [4.78, 5) is 10.0. The molecule has 1 aromatic carbocycles. The van der Waals surface area contributed by atoms with Crippen LogP contribution in [0.15, 0.2) is 17.0 Å². The summed E-state index contributed by atoms with van der Waals surface area (Å²) in [6.45, 7) is 2.19. The number of fused-ring (bicyclic) bond motifs is 1. The molecule has 1 aromatic rings. The van der Waals surface area contributed by atoms with Crippen molar-refractivity contribution in [2.45, 2.75) is 11.8 Å². The molecule has 0 saturated carbocycles. The molecule has 0 saturated heterocycles. The van der Waals surface area contributed by atoms with Gasteiger partial charge >= 0.3 is 0 Å². The normalized spacial score (nSPS) is 15.5. The number of ether oxygens (including phenoxy) is 2. The fourth-order valence-corrected chi connectivity index (χ4v) is 3.98. The van der Waals surface area contributed by atoms with Crippen molar-refractivity contribution in [1.29, 1.82) is 0 Å². The molecule has 1 aliphatic heterocycles. The highest BCUT2D eigenvalue weighted by Crippen LogP contribution is 2.39. The molecule has 1 unspecified atom stereocenters. The maximum atomic E-state index is 12.4. The van der Waals surface area contributed by atoms with Gasteiger partial charge in [-0.3, -0.25) is 10.1 Å². The first-order chi connectivity index (χ1) is 9.85. The summed E-state index contributed by atoms with van der Waals surface area (Å²) in [6, 6.07) is 2.25. The quantitative estimate of drug-likeness (QED) is 0.464. The van der Waals surface area contributed by atoms with Crippen molar-refractivity contribution in [2.75, 3.05) is 24.8 Å². The van der Waals surface area contributed by atoms with Crippen LogP contribution in [-0.2, 0) is 9.84 Å². The van der Waals surface area contributed by atoms with Crippen molar-refractivity contribution >= 4 is 27.1 Å². The van der Waals surface area contributed by atoms with Gasteiger partial charge in [0, 0.05) is 11.9 Å². The molecule has 0 radical (unpaired) electrons. The van der Waals surface area contributed by atoms with Crippen LogP contribution in [-0.4, -0.2) is 38.2 Å². The number of nitrogens with zero attached hydrogens (tertiary/aromatic N) is 1. The molecule has 2 rings (SSSR count). The zero-order valence-electron chi connectivity index (χ0n) is 11.2. The van der Waals surface area contributed by atoms with Crippen LogP contribution in [0.25, 0.3) is 0 Å². The van der Waals surface area contributed by atoms with E-state index in [1.807, 2.05) is 0 Å². The molecule has 0 N–H and O–H groups in total. The molecule has 9 heteroatoms. The van der Waals surface area contributed by atoms with Crippen LogP contribution < -0.4 is 9.47 Å². The average Bonchev–Trinajstić information content (AvgIpc) is 2.45. The van der Waals surface area contributed by atoms with Gasteiger partial charge in [0.05, 0.1) is 16.7 Å². The van der Waals surface area contributed by atoms with Gasteiger partial charge in [0.15, 0.2) is 21.3 Å². The van der Waals surface area contributed by atoms with E-state index >= 15 is 0 Å². The lowest BCUT2D eigenvalue weighted by Gasteiger charge is -2.19. The summed E-state index contributed by atoms with van der Waals surface area (Å²) < 4.78 is 35.2. The Hall–Kier alpha value is -1.54. The second-order valence-electron chi connectivity index (χ2n) is 4.76. The van der Waals surface area contributed by atoms with Crippen molar-refractivity contribution in [1.82, 2.24) is 0 Å². The SMILES string of the molecule is CC(CCl)CS(=O)(=O)c1cc2c(cc1[N+](=O)[O-])OCCO2. The Morgan fingerprint density at radius 1 is 1.33 bits per heavy atom. The molecule has 0 aromatic heterocycles. The zero-order valence-corrected chi connectivity index (χ0v) is 12.8. The smallest absolute Gasteiger partial charge is 0.291 e. The predicted molar refractivity (Wildman–Crippen MR) is 76.0 cm³/mol. The van der Waals surface area contributed by atoms with E-state index in [0.717, 1.165) is 12.1 Å². The lowest BCUT2D eigenvalue weighted by Crippen LogP contribution is -2.19. The summed E-state index contributed by atoms with van der Waals surface area (Å²) in [5.74, 6) is -0.0557. The number of hydrogen-bond acceptors (Lipinski definition) is 6. The van der Waals surface area contributed by atoms with Crippen LogP contribution >= 0.6 is 11.6 Å². The van der Waals surface area contributed by atoms with Gasteiger partial charge in [0.1, 0.15) is 18.1 Å². The predicted octanol–water partition coefficient (Wildman–Crippen LogP) is 2.01. The third-order valence-electron chi connectivity index (χ3n) is 2.92. The first-order valence-corrected chi connectivity index (χ1v) is 8.40. The first-order valence-electron chi connectivity index (χ1n) is 6.22. The van der Waals surface area contributed by atoms with Gasteiger partial charge in [0.25, 0.3) is 5.69 Å². The molecule has 0 spiro atoms. The van der Waals surface area contributed by atoms with Crippen LogP contribution in [0.3, 0.4) is 0 Å². The van der Waals surface area contributed by atoms with Gasteiger partial charge in [-0.1, -0.05) is 6.92 Å². The van der Waals surface area contributed by atoms with E-state index in [4.69, 9.17) is 21.1 Å². The summed E-state index contributed by atoms with van der Waals surface area (Å²) >= 11 is 5.62. The minimum Gasteiger partial charge on any atom is -0.486 e. The molecule has 0 bridgehead atoms. The molecular formula is C12H14ClNO6S. The van der Waals surface area contributed by atoms with Crippen molar-refractivity contribution in [3.63, 3.8) is 0 Å². The van der Waals surface area contributed by atoms with Gasteiger partial charge in [-0.15, -0.1) is 11.6 Å². The number of nitro benzene ring substituents is 1. The number of benzene rings is 1. The monoisotopic (exact) mass is 335 g/mol. The van der Waals surface area contributed by atoms with Gasteiger partial charge in [-0.25, -0.2) is 8.42 Å². The summed E-state index contributed by atoms with van der Waals surface area (Å²) in [5.41, 5.74) is -0.513. The maximum Gasteiger partial charge on any atom is 0.291 e. The second kappa shape index (κ2) is 6.07. The fraction of sp³-hybridized carbons (Fsp3) is 0.500. The number of sulfone groups is 1. The number of hydrogen-bond donors (Lipinski definition) is 0. The number of rotatable bonds is 5. The van der Waals surface area contributed by atoms with Gasteiger partial charge in [-0.05, 0) is 5.92 Å².